The van der Waals surface area contributed by atoms with E-state index >= 15 is 0 Å². The topological polar surface area (TPSA) is 66.8 Å². The number of thiophene rings is 1. The molecule has 1 N–H and O–H groups in total. The second-order valence-corrected chi connectivity index (χ2v) is 7.87. The standard InChI is InChI=1S/C21H19NO4S/c1-22-11-13(10-19(22)23)12-26-16-7-6-14-4-2-3-5-15(14)20(16)17-8-9-18(27-17)21(24)25/h2-9,13H,10-12H2,1H3,(H,24,25). The number of aromatic carboxylic acids is 1. The van der Waals surface area contributed by atoms with E-state index in [9.17, 15) is 14.7 Å². The van der Waals surface area contributed by atoms with Crippen LogP contribution in [0.5, 0.6) is 5.75 Å². The van der Waals surface area contributed by atoms with Gasteiger partial charge in [-0.15, -0.1) is 11.3 Å². The van der Waals surface area contributed by atoms with Gasteiger partial charge in [0.05, 0.1) is 6.61 Å². The molecule has 2 aromatic carbocycles. The number of fused-ring (bicyclic) bond motifs is 1. The highest BCUT2D eigenvalue weighted by atomic mass is 32.1. The van der Waals surface area contributed by atoms with Gasteiger partial charge in [-0.3, -0.25) is 4.79 Å². The van der Waals surface area contributed by atoms with Gasteiger partial charge in [-0.2, -0.15) is 0 Å². The van der Waals surface area contributed by atoms with Gasteiger partial charge in [0, 0.05) is 36.4 Å². The SMILES string of the molecule is CN1CC(COc2ccc3ccccc3c2-c2ccc(C(=O)O)s2)CC1=O. The molecule has 0 aliphatic carbocycles. The fraction of sp³-hybridized carbons (Fsp3) is 0.238. The molecule has 0 saturated carbocycles. The van der Waals surface area contributed by atoms with Crippen LogP contribution in [-0.2, 0) is 4.79 Å². The summed E-state index contributed by atoms with van der Waals surface area (Å²) in [5.41, 5.74) is 0.906. The van der Waals surface area contributed by atoms with E-state index < -0.39 is 5.97 Å². The molecule has 4 rings (SSSR count). The molecule has 1 aromatic heterocycles. The number of carboxylic acids is 1. The lowest BCUT2D eigenvalue weighted by Gasteiger charge is -2.16. The van der Waals surface area contributed by atoms with Crippen molar-refractivity contribution in [3.05, 3.63) is 53.4 Å². The van der Waals surface area contributed by atoms with Gasteiger partial charge in [0.2, 0.25) is 5.91 Å². The third-order valence-electron chi connectivity index (χ3n) is 4.85. The zero-order valence-electron chi connectivity index (χ0n) is 14.8. The van der Waals surface area contributed by atoms with E-state index in [0.29, 0.717) is 24.4 Å². The van der Waals surface area contributed by atoms with Crippen LogP contribution in [0.25, 0.3) is 21.2 Å². The van der Waals surface area contributed by atoms with Crippen LogP contribution in [-0.4, -0.2) is 42.1 Å². The van der Waals surface area contributed by atoms with Crippen molar-refractivity contribution in [2.45, 2.75) is 6.42 Å². The first-order valence-electron chi connectivity index (χ1n) is 8.75. The number of carboxylic acid groups (broad SMARTS) is 1. The number of nitrogens with zero attached hydrogens (tertiary/aromatic N) is 1. The van der Waals surface area contributed by atoms with Crippen LogP contribution in [0.3, 0.4) is 0 Å². The van der Waals surface area contributed by atoms with Crippen molar-refractivity contribution in [1.82, 2.24) is 4.90 Å². The van der Waals surface area contributed by atoms with Crippen LogP contribution >= 0.6 is 11.3 Å². The molecule has 3 aromatic rings. The Morgan fingerprint density at radius 3 is 2.74 bits per heavy atom. The molecule has 1 aliphatic heterocycles. The van der Waals surface area contributed by atoms with Gasteiger partial charge in [-0.1, -0.05) is 30.3 Å². The number of amides is 1. The van der Waals surface area contributed by atoms with Gasteiger partial charge >= 0.3 is 5.97 Å². The molecule has 27 heavy (non-hydrogen) atoms. The third-order valence-corrected chi connectivity index (χ3v) is 5.94. The number of rotatable bonds is 5. The van der Waals surface area contributed by atoms with Gasteiger partial charge < -0.3 is 14.7 Å². The minimum Gasteiger partial charge on any atom is -0.493 e. The summed E-state index contributed by atoms with van der Waals surface area (Å²) in [7, 11) is 1.81. The average Bonchev–Trinajstić information content (AvgIpc) is 3.26. The molecule has 1 atom stereocenters. The normalized spacial score (nSPS) is 16.9. The Balaban J connectivity index is 1.71. The van der Waals surface area contributed by atoms with E-state index in [1.165, 1.54) is 11.3 Å². The first-order chi connectivity index (χ1) is 13.0. The van der Waals surface area contributed by atoms with E-state index in [1.54, 1.807) is 11.0 Å². The number of hydrogen-bond acceptors (Lipinski definition) is 4. The summed E-state index contributed by atoms with van der Waals surface area (Å²) < 4.78 is 6.13. The summed E-state index contributed by atoms with van der Waals surface area (Å²) in [6, 6.07) is 15.4. The Kier molecular flexibility index (Phi) is 4.58. The third kappa shape index (κ3) is 3.40. The average molecular weight is 381 g/mol. The highest BCUT2D eigenvalue weighted by molar-refractivity contribution is 7.17. The molecule has 1 unspecified atom stereocenters. The van der Waals surface area contributed by atoms with Gasteiger partial charge in [-0.25, -0.2) is 4.79 Å². The fourth-order valence-electron chi connectivity index (χ4n) is 3.49. The number of hydrogen-bond donors (Lipinski definition) is 1. The molecular weight excluding hydrogens is 362 g/mol. The predicted octanol–water partition coefficient (Wildman–Crippen LogP) is 4.12. The fourth-order valence-corrected chi connectivity index (χ4v) is 4.40. The first-order valence-corrected chi connectivity index (χ1v) is 9.56. The van der Waals surface area contributed by atoms with Crippen LogP contribution in [0.1, 0.15) is 16.1 Å². The molecule has 0 radical (unpaired) electrons. The van der Waals surface area contributed by atoms with E-state index in [-0.39, 0.29) is 11.8 Å². The number of ether oxygens (including phenoxy) is 1. The smallest absolute Gasteiger partial charge is 0.345 e. The number of benzene rings is 2. The molecule has 1 saturated heterocycles. The Morgan fingerprint density at radius 1 is 1.22 bits per heavy atom. The van der Waals surface area contributed by atoms with Gasteiger partial charge in [0.25, 0.3) is 0 Å². The van der Waals surface area contributed by atoms with Gasteiger partial charge in [0.1, 0.15) is 10.6 Å². The number of carbonyl (C=O) groups is 2. The van der Waals surface area contributed by atoms with Crippen LogP contribution in [0.4, 0.5) is 0 Å². The van der Waals surface area contributed by atoms with E-state index in [4.69, 9.17) is 4.74 Å². The number of likely N-dealkylation sites (tertiary alicyclic amines) is 1. The second kappa shape index (κ2) is 7.04. The van der Waals surface area contributed by atoms with Crippen molar-refractivity contribution in [2.24, 2.45) is 5.92 Å². The molecule has 1 aliphatic rings. The zero-order chi connectivity index (χ0) is 19.0. The van der Waals surface area contributed by atoms with Crippen molar-refractivity contribution in [3.63, 3.8) is 0 Å². The van der Waals surface area contributed by atoms with Crippen LogP contribution in [0.15, 0.2) is 48.5 Å². The maximum absolute atomic E-state index is 11.7. The van der Waals surface area contributed by atoms with Crippen molar-refractivity contribution in [3.8, 4) is 16.2 Å². The quantitative estimate of drug-likeness (QED) is 0.722. The monoisotopic (exact) mass is 381 g/mol. The Morgan fingerprint density at radius 2 is 2.04 bits per heavy atom. The molecule has 6 heteroatoms. The Bertz CT molecular complexity index is 1030. The van der Waals surface area contributed by atoms with Crippen molar-refractivity contribution in [2.75, 3.05) is 20.2 Å². The van der Waals surface area contributed by atoms with E-state index in [1.807, 2.05) is 49.5 Å². The van der Waals surface area contributed by atoms with Crippen LogP contribution in [0.2, 0.25) is 0 Å². The highest BCUT2D eigenvalue weighted by Crippen LogP contribution is 2.41. The lowest BCUT2D eigenvalue weighted by atomic mass is 10.0. The summed E-state index contributed by atoms with van der Waals surface area (Å²) in [5, 5.41) is 11.4. The Hall–Kier alpha value is -2.86. The summed E-state index contributed by atoms with van der Waals surface area (Å²) in [6.45, 7) is 1.16. The Labute approximate surface area is 160 Å². The molecular formula is C21H19NO4S. The molecule has 5 nitrogen and oxygen atoms in total. The van der Waals surface area contributed by atoms with E-state index in [0.717, 1.165) is 27.0 Å². The van der Waals surface area contributed by atoms with Gasteiger partial charge in [0.15, 0.2) is 0 Å². The maximum Gasteiger partial charge on any atom is 0.345 e. The summed E-state index contributed by atoms with van der Waals surface area (Å²) in [5.74, 6) is 0.0994. The van der Waals surface area contributed by atoms with Crippen LogP contribution < -0.4 is 4.74 Å². The second-order valence-electron chi connectivity index (χ2n) is 6.78. The summed E-state index contributed by atoms with van der Waals surface area (Å²) >= 11 is 1.24. The maximum atomic E-state index is 11.7. The summed E-state index contributed by atoms with van der Waals surface area (Å²) in [6.07, 6.45) is 0.502. The van der Waals surface area contributed by atoms with E-state index in [2.05, 4.69) is 0 Å². The predicted molar refractivity (Wildman–Crippen MR) is 105 cm³/mol. The molecule has 138 valence electrons. The molecule has 1 fully saturated rings. The lowest BCUT2D eigenvalue weighted by Crippen LogP contribution is -2.20. The van der Waals surface area contributed by atoms with Crippen molar-refractivity contribution >= 4 is 34.0 Å². The first kappa shape index (κ1) is 17.5. The minimum absolute atomic E-state index is 0.145. The highest BCUT2D eigenvalue weighted by Gasteiger charge is 2.27. The minimum atomic E-state index is -0.929. The number of carbonyl (C=O) groups excluding carboxylic acids is 1. The molecule has 0 spiro atoms. The van der Waals surface area contributed by atoms with Crippen LogP contribution in [0, 0.1) is 5.92 Å². The van der Waals surface area contributed by atoms with Crippen molar-refractivity contribution < 1.29 is 19.4 Å². The zero-order valence-corrected chi connectivity index (χ0v) is 15.7. The summed E-state index contributed by atoms with van der Waals surface area (Å²) in [4.78, 5) is 25.9. The van der Waals surface area contributed by atoms with Gasteiger partial charge in [-0.05, 0) is 29.0 Å². The molecule has 0 bridgehead atoms. The van der Waals surface area contributed by atoms with Crippen molar-refractivity contribution in [1.29, 1.82) is 0 Å². The molecule has 2 heterocycles. The lowest BCUT2D eigenvalue weighted by molar-refractivity contribution is -0.126. The molecule has 1 amide bonds. The largest absolute Gasteiger partial charge is 0.493 e.